The summed E-state index contributed by atoms with van der Waals surface area (Å²) in [6.07, 6.45) is 4.23. The Labute approximate surface area is 129 Å². The third kappa shape index (κ3) is 4.13. The molecule has 1 saturated heterocycles. The van der Waals surface area contributed by atoms with Crippen LogP contribution in [0.1, 0.15) is 36.0 Å². The number of phenols is 1. The van der Waals surface area contributed by atoms with Gasteiger partial charge in [-0.2, -0.15) is 0 Å². The van der Waals surface area contributed by atoms with Crippen LogP contribution in [-0.2, 0) is 9.53 Å². The molecule has 0 atom stereocenters. The van der Waals surface area contributed by atoms with E-state index in [2.05, 4.69) is 0 Å². The quantitative estimate of drug-likeness (QED) is 0.861. The van der Waals surface area contributed by atoms with Gasteiger partial charge in [0.15, 0.2) is 6.61 Å². The van der Waals surface area contributed by atoms with Gasteiger partial charge in [-0.1, -0.05) is 12.8 Å². The number of hydrogen-bond acceptors (Lipinski definition) is 5. The van der Waals surface area contributed by atoms with Gasteiger partial charge >= 0.3 is 5.97 Å². The first-order valence-corrected chi connectivity index (χ1v) is 7.43. The van der Waals surface area contributed by atoms with Crippen LogP contribution in [-0.4, -0.2) is 48.7 Å². The fourth-order valence-electron chi connectivity index (χ4n) is 2.43. The highest BCUT2D eigenvalue weighted by Crippen LogP contribution is 2.24. The van der Waals surface area contributed by atoms with Gasteiger partial charge in [0.2, 0.25) is 0 Å². The number of esters is 1. The molecule has 2 rings (SSSR count). The Hall–Kier alpha value is -2.24. The zero-order valence-electron chi connectivity index (χ0n) is 12.7. The van der Waals surface area contributed by atoms with Gasteiger partial charge in [-0.15, -0.1) is 0 Å². The summed E-state index contributed by atoms with van der Waals surface area (Å²) in [5, 5.41) is 9.77. The predicted molar refractivity (Wildman–Crippen MR) is 80.0 cm³/mol. The van der Waals surface area contributed by atoms with Crippen LogP contribution < -0.4 is 4.74 Å². The monoisotopic (exact) mass is 307 g/mol. The minimum Gasteiger partial charge on any atom is -0.507 e. The number of amides is 1. The van der Waals surface area contributed by atoms with Crippen LogP contribution in [0.25, 0.3) is 0 Å². The number of likely N-dealkylation sites (tertiary alicyclic amines) is 1. The maximum atomic E-state index is 12.0. The number of carbonyl (C=O) groups is 2. The molecule has 1 N–H and O–H groups in total. The largest absolute Gasteiger partial charge is 0.507 e. The van der Waals surface area contributed by atoms with Crippen LogP contribution >= 0.6 is 0 Å². The van der Waals surface area contributed by atoms with Crippen molar-refractivity contribution < 1.29 is 24.2 Å². The van der Waals surface area contributed by atoms with Gasteiger partial charge < -0.3 is 19.5 Å². The summed E-state index contributed by atoms with van der Waals surface area (Å²) in [7, 11) is 1.46. The van der Waals surface area contributed by atoms with Crippen LogP contribution in [0.5, 0.6) is 11.5 Å². The average molecular weight is 307 g/mol. The molecule has 1 aliphatic rings. The molecule has 120 valence electrons. The fraction of sp³-hybridized carbons (Fsp3) is 0.500. The molecule has 1 aliphatic heterocycles. The number of carbonyl (C=O) groups excluding carboxylic acids is 2. The molecule has 0 aliphatic carbocycles. The average Bonchev–Trinajstić information content (AvgIpc) is 2.81. The second-order valence-electron chi connectivity index (χ2n) is 5.25. The number of nitrogens with zero attached hydrogens (tertiary/aromatic N) is 1. The molecule has 6 heteroatoms. The van der Waals surface area contributed by atoms with E-state index in [1.54, 1.807) is 11.0 Å². The number of ether oxygens (including phenoxy) is 2. The van der Waals surface area contributed by atoms with E-state index in [-0.39, 0.29) is 23.8 Å². The summed E-state index contributed by atoms with van der Waals surface area (Å²) in [5.41, 5.74) is 0.0180. The lowest BCUT2D eigenvalue weighted by Gasteiger charge is -2.20. The van der Waals surface area contributed by atoms with Gasteiger partial charge in [-0.3, -0.25) is 4.79 Å². The predicted octanol–water partition coefficient (Wildman–Crippen LogP) is 1.96. The van der Waals surface area contributed by atoms with Gasteiger partial charge in [-0.05, 0) is 25.0 Å². The highest BCUT2D eigenvalue weighted by Gasteiger charge is 2.19. The molecule has 1 amide bonds. The maximum Gasteiger partial charge on any atom is 0.342 e. The lowest BCUT2D eigenvalue weighted by molar-refractivity contribution is -0.134. The van der Waals surface area contributed by atoms with Crippen molar-refractivity contribution in [2.24, 2.45) is 0 Å². The first kappa shape index (κ1) is 16.1. The molecule has 6 nitrogen and oxygen atoms in total. The molecule has 0 bridgehead atoms. The SMILES string of the molecule is COc1ccc(C(=O)OCC(=O)N2CCCCCC2)c(O)c1. The van der Waals surface area contributed by atoms with E-state index in [1.807, 2.05) is 0 Å². The van der Waals surface area contributed by atoms with E-state index in [0.717, 1.165) is 25.7 Å². The minimum absolute atomic E-state index is 0.0180. The van der Waals surface area contributed by atoms with Gasteiger partial charge in [0.05, 0.1) is 7.11 Å². The molecule has 0 spiro atoms. The summed E-state index contributed by atoms with van der Waals surface area (Å²) in [6.45, 7) is 1.12. The Morgan fingerprint density at radius 3 is 2.45 bits per heavy atom. The van der Waals surface area contributed by atoms with E-state index in [1.165, 1.54) is 19.2 Å². The molecule has 22 heavy (non-hydrogen) atoms. The summed E-state index contributed by atoms with van der Waals surface area (Å²) in [6, 6.07) is 4.28. The van der Waals surface area contributed by atoms with E-state index < -0.39 is 5.97 Å². The van der Waals surface area contributed by atoms with E-state index in [9.17, 15) is 14.7 Å². The lowest BCUT2D eigenvalue weighted by Crippen LogP contribution is -2.35. The summed E-state index contributed by atoms with van der Waals surface area (Å²) in [4.78, 5) is 25.7. The molecule has 0 radical (unpaired) electrons. The van der Waals surface area contributed by atoms with Gasteiger partial charge in [-0.25, -0.2) is 4.79 Å². The van der Waals surface area contributed by atoms with Gasteiger partial charge in [0, 0.05) is 19.2 Å². The van der Waals surface area contributed by atoms with Crippen molar-refractivity contribution in [3.63, 3.8) is 0 Å². The summed E-state index contributed by atoms with van der Waals surface area (Å²) < 4.78 is 9.95. The minimum atomic E-state index is -0.719. The van der Waals surface area contributed by atoms with Crippen LogP contribution in [0.3, 0.4) is 0 Å². The Kier molecular flexibility index (Phi) is 5.63. The Morgan fingerprint density at radius 1 is 1.18 bits per heavy atom. The Balaban J connectivity index is 1.90. The zero-order valence-corrected chi connectivity index (χ0v) is 12.7. The second-order valence-corrected chi connectivity index (χ2v) is 5.25. The smallest absolute Gasteiger partial charge is 0.342 e. The molecule has 0 aromatic heterocycles. The highest BCUT2D eigenvalue weighted by atomic mass is 16.5. The van der Waals surface area contributed by atoms with Crippen molar-refractivity contribution in [2.45, 2.75) is 25.7 Å². The molecular formula is C16H21NO5. The van der Waals surface area contributed by atoms with Crippen LogP contribution in [0.15, 0.2) is 18.2 Å². The number of rotatable bonds is 4. The van der Waals surface area contributed by atoms with Crippen molar-refractivity contribution in [1.82, 2.24) is 4.90 Å². The van der Waals surface area contributed by atoms with Crippen molar-refractivity contribution in [3.05, 3.63) is 23.8 Å². The van der Waals surface area contributed by atoms with Gasteiger partial charge in [0.25, 0.3) is 5.91 Å². The van der Waals surface area contributed by atoms with E-state index in [4.69, 9.17) is 9.47 Å². The Morgan fingerprint density at radius 2 is 1.86 bits per heavy atom. The topological polar surface area (TPSA) is 76.1 Å². The summed E-state index contributed by atoms with van der Waals surface area (Å²) in [5.74, 6) is -0.701. The summed E-state index contributed by atoms with van der Waals surface area (Å²) >= 11 is 0. The molecular weight excluding hydrogens is 286 g/mol. The number of aromatic hydroxyl groups is 1. The van der Waals surface area contributed by atoms with Gasteiger partial charge in [0.1, 0.15) is 17.1 Å². The lowest BCUT2D eigenvalue weighted by atomic mass is 10.2. The third-order valence-electron chi connectivity index (χ3n) is 3.71. The normalized spacial score (nSPS) is 15.0. The fourth-order valence-corrected chi connectivity index (χ4v) is 2.43. The van der Waals surface area contributed by atoms with Crippen molar-refractivity contribution in [1.29, 1.82) is 0 Å². The molecule has 1 fully saturated rings. The third-order valence-corrected chi connectivity index (χ3v) is 3.71. The molecule has 0 saturated carbocycles. The van der Waals surface area contributed by atoms with Crippen molar-refractivity contribution in [2.75, 3.05) is 26.8 Å². The number of benzene rings is 1. The number of phenolic OH excluding ortho intramolecular Hbond substituents is 1. The second kappa shape index (κ2) is 7.68. The number of hydrogen-bond donors (Lipinski definition) is 1. The van der Waals surface area contributed by atoms with Crippen molar-refractivity contribution >= 4 is 11.9 Å². The van der Waals surface area contributed by atoms with E-state index in [0.29, 0.717) is 18.8 Å². The van der Waals surface area contributed by atoms with Crippen LogP contribution in [0.2, 0.25) is 0 Å². The first-order valence-electron chi connectivity index (χ1n) is 7.43. The zero-order chi connectivity index (χ0) is 15.9. The highest BCUT2D eigenvalue weighted by molar-refractivity contribution is 5.94. The van der Waals surface area contributed by atoms with Crippen LogP contribution in [0, 0.1) is 0 Å². The molecule has 1 aromatic carbocycles. The Bertz CT molecular complexity index is 535. The van der Waals surface area contributed by atoms with Crippen LogP contribution in [0.4, 0.5) is 0 Å². The maximum absolute atomic E-state index is 12.0. The standard InChI is InChI=1S/C16H21NO5/c1-21-12-6-7-13(14(18)10-12)16(20)22-11-15(19)17-8-4-2-3-5-9-17/h6-7,10,18H,2-5,8-9,11H2,1H3. The first-order chi connectivity index (χ1) is 10.6. The van der Waals surface area contributed by atoms with E-state index >= 15 is 0 Å². The number of methoxy groups -OCH3 is 1. The molecule has 1 heterocycles. The van der Waals surface area contributed by atoms with Crippen molar-refractivity contribution in [3.8, 4) is 11.5 Å². The molecule has 0 unspecified atom stereocenters. The molecule has 1 aromatic rings.